The number of hydrogen-bond acceptors (Lipinski definition) is 3. The molecule has 4 heteroatoms. The summed E-state index contributed by atoms with van der Waals surface area (Å²) in [5.74, 6) is 0.724. The molecule has 2 rings (SSSR count). The van der Waals surface area contributed by atoms with Crippen LogP contribution in [0.1, 0.15) is 24.2 Å². The van der Waals surface area contributed by atoms with Gasteiger partial charge in [0, 0.05) is 29.7 Å². The van der Waals surface area contributed by atoms with Gasteiger partial charge in [-0.1, -0.05) is 0 Å². The first-order valence-electron chi connectivity index (χ1n) is 4.23. The van der Waals surface area contributed by atoms with Gasteiger partial charge in [-0.15, -0.1) is 0 Å². The van der Waals surface area contributed by atoms with E-state index in [1.165, 1.54) is 0 Å². The zero-order chi connectivity index (χ0) is 9.42. The van der Waals surface area contributed by atoms with Crippen molar-refractivity contribution in [2.75, 3.05) is 0 Å². The van der Waals surface area contributed by atoms with E-state index in [0.29, 0.717) is 0 Å². The van der Waals surface area contributed by atoms with Crippen LogP contribution in [0.4, 0.5) is 0 Å². The number of fused-ring (bicyclic) bond motifs is 1. The summed E-state index contributed by atoms with van der Waals surface area (Å²) in [6.07, 6.45) is 5.55. The Morgan fingerprint density at radius 3 is 2.77 bits per heavy atom. The Kier molecular flexibility index (Phi) is 1.77. The summed E-state index contributed by atoms with van der Waals surface area (Å²) in [7, 11) is 0. The Hall–Kier alpha value is -1.42. The summed E-state index contributed by atoms with van der Waals surface area (Å²) in [6, 6.07) is 0.0127. The zero-order valence-electron chi connectivity index (χ0n) is 7.73. The summed E-state index contributed by atoms with van der Waals surface area (Å²) >= 11 is 0. The predicted octanol–water partition coefficient (Wildman–Crippen LogP) is 1.06. The lowest BCUT2D eigenvalue weighted by molar-refractivity contribution is 0.797. The SMILES string of the molecule is Cc1cnc2ncc(C(C)N)cn12. The van der Waals surface area contributed by atoms with Gasteiger partial charge in [-0.3, -0.25) is 4.40 Å². The molecular formula is C9H12N4. The molecule has 0 aliphatic rings. The van der Waals surface area contributed by atoms with Crippen LogP contribution < -0.4 is 5.73 Å². The van der Waals surface area contributed by atoms with E-state index >= 15 is 0 Å². The summed E-state index contributed by atoms with van der Waals surface area (Å²) in [4.78, 5) is 8.32. The highest BCUT2D eigenvalue weighted by Gasteiger charge is 2.03. The number of nitrogens with two attached hydrogens (primary N) is 1. The van der Waals surface area contributed by atoms with E-state index in [1.807, 2.05) is 24.4 Å². The molecule has 0 aromatic carbocycles. The van der Waals surface area contributed by atoms with Gasteiger partial charge in [0.25, 0.3) is 0 Å². The molecule has 2 aromatic heterocycles. The van der Waals surface area contributed by atoms with Crippen molar-refractivity contribution in [1.82, 2.24) is 14.4 Å². The molecule has 13 heavy (non-hydrogen) atoms. The molecule has 2 N–H and O–H groups in total. The summed E-state index contributed by atoms with van der Waals surface area (Å²) in [5, 5.41) is 0. The second kappa shape index (κ2) is 2.81. The van der Waals surface area contributed by atoms with Crippen LogP contribution in [-0.4, -0.2) is 14.4 Å². The van der Waals surface area contributed by atoms with Crippen molar-refractivity contribution < 1.29 is 0 Å². The fourth-order valence-electron chi connectivity index (χ4n) is 1.24. The Balaban J connectivity index is 2.66. The van der Waals surface area contributed by atoms with E-state index in [1.54, 1.807) is 12.4 Å². The van der Waals surface area contributed by atoms with Gasteiger partial charge in [0.05, 0.1) is 6.20 Å². The molecule has 2 heterocycles. The van der Waals surface area contributed by atoms with Crippen LogP contribution in [0.25, 0.3) is 5.78 Å². The lowest BCUT2D eigenvalue weighted by Crippen LogP contribution is -2.07. The van der Waals surface area contributed by atoms with Crippen molar-refractivity contribution in [3.8, 4) is 0 Å². The van der Waals surface area contributed by atoms with Gasteiger partial charge in [0.2, 0.25) is 5.78 Å². The first kappa shape index (κ1) is 8.19. The van der Waals surface area contributed by atoms with Gasteiger partial charge >= 0.3 is 0 Å². The van der Waals surface area contributed by atoms with Gasteiger partial charge in [-0.2, -0.15) is 0 Å². The molecule has 0 spiro atoms. The normalized spacial score (nSPS) is 13.5. The van der Waals surface area contributed by atoms with Crippen LogP contribution in [0.5, 0.6) is 0 Å². The number of aromatic nitrogens is 3. The quantitative estimate of drug-likeness (QED) is 0.706. The Morgan fingerprint density at radius 1 is 1.38 bits per heavy atom. The molecule has 0 radical (unpaired) electrons. The van der Waals surface area contributed by atoms with E-state index in [-0.39, 0.29) is 6.04 Å². The highest BCUT2D eigenvalue weighted by atomic mass is 15.1. The molecule has 0 aliphatic carbocycles. The average Bonchev–Trinajstić information content (AvgIpc) is 2.47. The van der Waals surface area contributed by atoms with Gasteiger partial charge in [0.15, 0.2) is 0 Å². The Labute approximate surface area is 76.4 Å². The van der Waals surface area contributed by atoms with E-state index in [4.69, 9.17) is 5.73 Å². The van der Waals surface area contributed by atoms with Crippen molar-refractivity contribution in [2.45, 2.75) is 19.9 Å². The molecule has 0 saturated heterocycles. The number of nitrogens with zero attached hydrogens (tertiary/aromatic N) is 3. The number of imidazole rings is 1. The second-order valence-electron chi connectivity index (χ2n) is 3.25. The van der Waals surface area contributed by atoms with E-state index in [2.05, 4.69) is 9.97 Å². The fraction of sp³-hybridized carbons (Fsp3) is 0.333. The number of aryl methyl sites for hydroxylation is 1. The van der Waals surface area contributed by atoms with Crippen molar-refractivity contribution in [1.29, 1.82) is 0 Å². The third-order valence-electron chi connectivity index (χ3n) is 2.10. The molecule has 68 valence electrons. The van der Waals surface area contributed by atoms with Crippen molar-refractivity contribution in [3.63, 3.8) is 0 Å². The minimum atomic E-state index is 0.0127. The molecule has 1 unspecified atom stereocenters. The van der Waals surface area contributed by atoms with Crippen LogP contribution in [-0.2, 0) is 0 Å². The zero-order valence-corrected chi connectivity index (χ0v) is 7.73. The van der Waals surface area contributed by atoms with E-state index in [0.717, 1.165) is 17.0 Å². The number of hydrogen-bond donors (Lipinski definition) is 1. The maximum absolute atomic E-state index is 5.75. The average molecular weight is 176 g/mol. The maximum atomic E-state index is 5.75. The van der Waals surface area contributed by atoms with Crippen LogP contribution in [0, 0.1) is 6.92 Å². The molecule has 0 fully saturated rings. The molecule has 0 aliphatic heterocycles. The third kappa shape index (κ3) is 1.29. The van der Waals surface area contributed by atoms with E-state index in [9.17, 15) is 0 Å². The lowest BCUT2D eigenvalue weighted by atomic mass is 10.2. The second-order valence-corrected chi connectivity index (χ2v) is 3.25. The lowest BCUT2D eigenvalue weighted by Gasteiger charge is -2.05. The first-order valence-corrected chi connectivity index (χ1v) is 4.23. The summed E-state index contributed by atoms with van der Waals surface area (Å²) in [5.41, 5.74) is 7.85. The van der Waals surface area contributed by atoms with Crippen LogP contribution >= 0.6 is 0 Å². The molecular weight excluding hydrogens is 164 g/mol. The highest BCUT2D eigenvalue weighted by Crippen LogP contribution is 2.10. The fourth-order valence-corrected chi connectivity index (χ4v) is 1.24. The predicted molar refractivity (Wildman–Crippen MR) is 50.3 cm³/mol. The molecule has 0 bridgehead atoms. The topological polar surface area (TPSA) is 56.2 Å². The Morgan fingerprint density at radius 2 is 2.08 bits per heavy atom. The van der Waals surface area contributed by atoms with Gasteiger partial charge < -0.3 is 5.73 Å². The molecule has 0 amide bonds. The van der Waals surface area contributed by atoms with Gasteiger partial charge in [-0.25, -0.2) is 9.97 Å². The van der Waals surface area contributed by atoms with Crippen molar-refractivity contribution in [2.24, 2.45) is 5.73 Å². The van der Waals surface area contributed by atoms with Crippen LogP contribution in [0.15, 0.2) is 18.6 Å². The largest absolute Gasteiger partial charge is 0.324 e. The smallest absolute Gasteiger partial charge is 0.233 e. The monoisotopic (exact) mass is 176 g/mol. The first-order chi connectivity index (χ1) is 6.18. The van der Waals surface area contributed by atoms with Crippen LogP contribution in [0.2, 0.25) is 0 Å². The third-order valence-corrected chi connectivity index (χ3v) is 2.10. The van der Waals surface area contributed by atoms with E-state index < -0.39 is 0 Å². The van der Waals surface area contributed by atoms with Crippen molar-refractivity contribution in [3.05, 3.63) is 29.8 Å². The minimum Gasteiger partial charge on any atom is -0.324 e. The molecule has 4 nitrogen and oxygen atoms in total. The van der Waals surface area contributed by atoms with Crippen LogP contribution in [0.3, 0.4) is 0 Å². The molecule has 1 atom stereocenters. The maximum Gasteiger partial charge on any atom is 0.233 e. The minimum absolute atomic E-state index is 0.0127. The van der Waals surface area contributed by atoms with Gasteiger partial charge in [-0.05, 0) is 13.8 Å². The van der Waals surface area contributed by atoms with Gasteiger partial charge in [0.1, 0.15) is 0 Å². The summed E-state index contributed by atoms with van der Waals surface area (Å²) in [6.45, 7) is 3.93. The van der Waals surface area contributed by atoms with Crippen molar-refractivity contribution >= 4 is 5.78 Å². The summed E-state index contributed by atoms with van der Waals surface area (Å²) < 4.78 is 1.94. The number of rotatable bonds is 1. The highest BCUT2D eigenvalue weighted by molar-refractivity contribution is 5.32. The molecule has 0 saturated carbocycles. The Bertz CT molecular complexity index is 430. The standard InChI is InChI=1S/C9H12N4/c1-6-3-11-9-12-4-8(7(2)10)5-13(6)9/h3-5,7H,10H2,1-2H3. The molecule has 2 aromatic rings.